The summed E-state index contributed by atoms with van der Waals surface area (Å²) in [4.78, 5) is 29.9. The monoisotopic (exact) mass is 532 g/mol. The van der Waals surface area contributed by atoms with Gasteiger partial charge in [-0.3, -0.25) is 9.59 Å². The minimum absolute atomic E-state index is 0.00849. The van der Waals surface area contributed by atoms with Crippen LogP contribution in [0.2, 0.25) is 0 Å². The third kappa shape index (κ3) is 7.18. The number of benzene rings is 4. The van der Waals surface area contributed by atoms with Gasteiger partial charge in [-0.15, -0.1) is 0 Å². The molecule has 4 aromatic rings. The van der Waals surface area contributed by atoms with Gasteiger partial charge in [0.1, 0.15) is 6.04 Å². The maximum Gasteiger partial charge on any atom is 0.243 e. The van der Waals surface area contributed by atoms with Gasteiger partial charge >= 0.3 is 0 Å². The first-order chi connectivity index (χ1) is 19.6. The quantitative estimate of drug-likeness (QED) is 0.235. The van der Waals surface area contributed by atoms with Crippen LogP contribution in [0.15, 0.2) is 97.1 Å². The Morgan fingerprint density at radius 2 is 1.52 bits per heavy atom. The van der Waals surface area contributed by atoms with Crippen molar-refractivity contribution in [1.29, 1.82) is 0 Å². The fourth-order valence-corrected chi connectivity index (χ4v) is 6.00. The second kappa shape index (κ2) is 13.4. The van der Waals surface area contributed by atoms with Crippen molar-refractivity contribution in [3.05, 3.63) is 119 Å². The van der Waals surface area contributed by atoms with Gasteiger partial charge in [-0.1, -0.05) is 122 Å². The van der Waals surface area contributed by atoms with Gasteiger partial charge in [0.2, 0.25) is 11.8 Å². The van der Waals surface area contributed by atoms with Crippen molar-refractivity contribution in [2.24, 2.45) is 0 Å². The molecule has 1 saturated carbocycles. The number of carbonyl (C=O) groups excluding carboxylic acids is 2. The van der Waals surface area contributed by atoms with Crippen LogP contribution >= 0.6 is 0 Å². The maximum absolute atomic E-state index is 14.1. The van der Waals surface area contributed by atoms with E-state index >= 15 is 0 Å². The minimum Gasteiger partial charge on any atom is -0.352 e. The molecule has 0 heterocycles. The van der Waals surface area contributed by atoms with Crippen LogP contribution in [0.5, 0.6) is 0 Å². The molecule has 1 aliphatic carbocycles. The van der Waals surface area contributed by atoms with Crippen molar-refractivity contribution in [3.8, 4) is 0 Å². The fourth-order valence-electron chi connectivity index (χ4n) is 6.00. The molecule has 1 aliphatic rings. The standard InChI is InChI=1S/C36H40N2O2/c1-27-12-10-15-29(24-27)26-38(35(39)23-22-31-18-11-17-30-16-8-9-21-33(30)31)34(25-28-13-4-2-5-14-28)36(40)37-32-19-6-3-7-20-32/h2,4-5,8-18,21,24,32,34H,3,6-7,19-20,22-23,25-26H2,1H3,(H,37,40). The smallest absolute Gasteiger partial charge is 0.243 e. The zero-order valence-electron chi connectivity index (χ0n) is 23.5. The number of amides is 2. The fraction of sp³-hybridized carbons (Fsp3) is 0.333. The van der Waals surface area contributed by atoms with Crippen molar-refractivity contribution in [3.63, 3.8) is 0 Å². The van der Waals surface area contributed by atoms with Gasteiger partial charge in [-0.2, -0.15) is 0 Å². The Hall–Kier alpha value is -3.92. The number of fused-ring (bicyclic) bond motifs is 1. The molecular formula is C36H40N2O2. The maximum atomic E-state index is 14.1. The van der Waals surface area contributed by atoms with Crippen LogP contribution in [0.1, 0.15) is 60.8 Å². The van der Waals surface area contributed by atoms with E-state index in [1.54, 1.807) is 0 Å². The van der Waals surface area contributed by atoms with Crippen LogP contribution in [0.25, 0.3) is 10.8 Å². The predicted molar refractivity (Wildman–Crippen MR) is 163 cm³/mol. The molecule has 4 nitrogen and oxygen atoms in total. The molecule has 0 saturated heterocycles. The van der Waals surface area contributed by atoms with E-state index in [4.69, 9.17) is 0 Å². The molecule has 4 heteroatoms. The molecule has 0 bridgehead atoms. The molecule has 1 fully saturated rings. The molecule has 1 N–H and O–H groups in total. The van der Waals surface area contributed by atoms with Gasteiger partial charge in [-0.25, -0.2) is 0 Å². The van der Waals surface area contributed by atoms with Crippen LogP contribution in [-0.4, -0.2) is 28.8 Å². The number of aryl methyl sites for hydroxylation is 2. The van der Waals surface area contributed by atoms with Crippen LogP contribution in [0.4, 0.5) is 0 Å². The molecule has 1 unspecified atom stereocenters. The molecule has 4 aromatic carbocycles. The Morgan fingerprint density at radius 3 is 2.33 bits per heavy atom. The van der Waals surface area contributed by atoms with Gasteiger partial charge < -0.3 is 10.2 Å². The highest BCUT2D eigenvalue weighted by molar-refractivity contribution is 5.89. The number of carbonyl (C=O) groups is 2. The number of nitrogens with zero attached hydrogens (tertiary/aromatic N) is 1. The predicted octanol–water partition coefficient (Wildman–Crippen LogP) is 7.17. The molecule has 2 amide bonds. The Balaban J connectivity index is 1.43. The van der Waals surface area contributed by atoms with Crippen molar-refractivity contribution in [2.75, 3.05) is 0 Å². The molecule has 0 aromatic heterocycles. The highest BCUT2D eigenvalue weighted by Crippen LogP contribution is 2.23. The van der Waals surface area contributed by atoms with E-state index in [1.165, 1.54) is 17.2 Å². The zero-order valence-corrected chi connectivity index (χ0v) is 23.5. The summed E-state index contributed by atoms with van der Waals surface area (Å²) < 4.78 is 0. The molecular weight excluding hydrogens is 492 g/mol. The topological polar surface area (TPSA) is 49.4 Å². The molecule has 5 rings (SSSR count). The van der Waals surface area contributed by atoms with E-state index in [0.717, 1.165) is 47.9 Å². The van der Waals surface area contributed by atoms with E-state index in [9.17, 15) is 9.59 Å². The number of nitrogens with one attached hydrogen (secondary N) is 1. The van der Waals surface area contributed by atoms with Gasteiger partial charge in [-0.05, 0) is 53.6 Å². The van der Waals surface area contributed by atoms with E-state index in [1.807, 2.05) is 53.4 Å². The second-order valence-corrected chi connectivity index (χ2v) is 11.2. The first-order valence-electron chi connectivity index (χ1n) is 14.7. The second-order valence-electron chi connectivity index (χ2n) is 11.2. The largest absolute Gasteiger partial charge is 0.352 e. The lowest BCUT2D eigenvalue weighted by molar-refractivity contribution is -0.141. The van der Waals surface area contributed by atoms with E-state index in [2.05, 4.69) is 60.8 Å². The average Bonchev–Trinajstić information content (AvgIpc) is 2.98. The lowest BCUT2D eigenvalue weighted by atomic mass is 9.94. The first kappa shape index (κ1) is 27.6. The van der Waals surface area contributed by atoms with E-state index in [0.29, 0.717) is 25.8 Å². The summed E-state index contributed by atoms with van der Waals surface area (Å²) in [6.07, 6.45) is 7.01. The normalized spacial score (nSPS) is 14.5. The van der Waals surface area contributed by atoms with Crippen molar-refractivity contribution < 1.29 is 9.59 Å². The summed E-state index contributed by atoms with van der Waals surface area (Å²) in [5.74, 6) is -0.0314. The summed E-state index contributed by atoms with van der Waals surface area (Å²) in [7, 11) is 0. The summed E-state index contributed by atoms with van der Waals surface area (Å²) in [5.41, 5.74) is 4.41. The average molecular weight is 533 g/mol. The van der Waals surface area contributed by atoms with Crippen LogP contribution in [0.3, 0.4) is 0 Å². The lowest BCUT2D eigenvalue weighted by Gasteiger charge is -2.33. The molecule has 0 spiro atoms. The van der Waals surface area contributed by atoms with Gasteiger partial charge in [0, 0.05) is 25.4 Å². The summed E-state index contributed by atoms with van der Waals surface area (Å²) in [6, 6.07) is 32.5. The Labute approximate surface area is 238 Å². The number of rotatable bonds is 10. The van der Waals surface area contributed by atoms with Gasteiger partial charge in [0.05, 0.1) is 0 Å². The van der Waals surface area contributed by atoms with Gasteiger partial charge in [0.25, 0.3) is 0 Å². The van der Waals surface area contributed by atoms with E-state index < -0.39 is 6.04 Å². The first-order valence-corrected chi connectivity index (χ1v) is 14.7. The van der Waals surface area contributed by atoms with Crippen molar-refractivity contribution >= 4 is 22.6 Å². The van der Waals surface area contributed by atoms with Crippen molar-refractivity contribution in [2.45, 2.75) is 76.9 Å². The third-order valence-electron chi connectivity index (χ3n) is 8.15. The van der Waals surface area contributed by atoms with E-state index in [-0.39, 0.29) is 17.9 Å². The molecule has 206 valence electrons. The van der Waals surface area contributed by atoms with Crippen LogP contribution in [-0.2, 0) is 29.0 Å². The third-order valence-corrected chi connectivity index (χ3v) is 8.15. The minimum atomic E-state index is -0.579. The Morgan fingerprint density at radius 1 is 0.825 bits per heavy atom. The summed E-state index contributed by atoms with van der Waals surface area (Å²) >= 11 is 0. The molecule has 0 aliphatic heterocycles. The Bertz CT molecular complexity index is 1420. The number of hydrogen-bond donors (Lipinski definition) is 1. The summed E-state index contributed by atoms with van der Waals surface area (Å²) in [6.45, 7) is 2.47. The SMILES string of the molecule is Cc1cccc(CN(C(=O)CCc2cccc3ccccc23)C(Cc2ccccc2)C(=O)NC2CCCCC2)c1. The molecule has 40 heavy (non-hydrogen) atoms. The van der Waals surface area contributed by atoms with Crippen molar-refractivity contribution in [1.82, 2.24) is 10.2 Å². The lowest BCUT2D eigenvalue weighted by Crippen LogP contribution is -2.52. The highest BCUT2D eigenvalue weighted by Gasteiger charge is 2.31. The molecule has 1 atom stereocenters. The van der Waals surface area contributed by atoms with Gasteiger partial charge in [0.15, 0.2) is 0 Å². The zero-order chi connectivity index (χ0) is 27.7. The summed E-state index contributed by atoms with van der Waals surface area (Å²) in [5, 5.41) is 5.70. The Kier molecular flexibility index (Phi) is 9.28. The molecule has 0 radical (unpaired) electrons. The highest BCUT2D eigenvalue weighted by atomic mass is 16.2. The van der Waals surface area contributed by atoms with Crippen LogP contribution in [0, 0.1) is 6.92 Å². The number of hydrogen-bond acceptors (Lipinski definition) is 2. The van der Waals surface area contributed by atoms with Crippen LogP contribution < -0.4 is 5.32 Å².